The van der Waals surface area contributed by atoms with Gasteiger partial charge in [0.25, 0.3) is 0 Å². The van der Waals surface area contributed by atoms with Gasteiger partial charge in [0.05, 0.1) is 16.7 Å². The van der Waals surface area contributed by atoms with E-state index in [0.29, 0.717) is 0 Å². The highest BCUT2D eigenvalue weighted by Gasteiger charge is 2.23. The van der Waals surface area contributed by atoms with Crippen molar-refractivity contribution >= 4 is 87.4 Å². The van der Waals surface area contributed by atoms with Crippen LogP contribution in [0.2, 0.25) is 0 Å². The molecule has 2 aromatic heterocycles. The minimum atomic E-state index is 1.10. The SMILES string of the molecule is c1ccc(-c2ccc(-n3c4ccccc4c4c(N(c5ccccc5)c5ccccc5)cc(-c5ccc(N(c6ccccc6)c6ccc7c(c6)sc6ccccc67)cc5)cc43)cc2)cc1. The molecule has 4 heteroatoms. The lowest BCUT2D eigenvalue weighted by atomic mass is 9.99. The molecule has 0 atom stereocenters. The van der Waals surface area contributed by atoms with Crippen LogP contribution in [-0.4, -0.2) is 4.57 Å². The van der Waals surface area contributed by atoms with E-state index < -0.39 is 0 Å². The first-order valence-electron chi connectivity index (χ1n) is 21.8. The Kier molecular flexibility index (Phi) is 9.36. The van der Waals surface area contributed by atoms with E-state index >= 15 is 0 Å². The molecule has 0 aliphatic carbocycles. The van der Waals surface area contributed by atoms with Crippen LogP contribution >= 0.6 is 11.3 Å². The van der Waals surface area contributed by atoms with Gasteiger partial charge < -0.3 is 14.4 Å². The highest BCUT2D eigenvalue weighted by atomic mass is 32.1. The molecule has 2 heterocycles. The number of hydrogen-bond acceptors (Lipinski definition) is 3. The van der Waals surface area contributed by atoms with E-state index in [1.165, 1.54) is 42.1 Å². The molecule has 0 unspecified atom stereocenters. The van der Waals surface area contributed by atoms with Gasteiger partial charge in [0.15, 0.2) is 0 Å². The molecule has 0 spiro atoms. The van der Waals surface area contributed by atoms with Gasteiger partial charge in [-0.2, -0.15) is 0 Å². The Morgan fingerprint density at radius 2 is 0.781 bits per heavy atom. The van der Waals surface area contributed by atoms with Crippen LogP contribution in [-0.2, 0) is 0 Å². The summed E-state index contributed by atoms with van der Waals surface area (Å²) in [6.07, 6.45) is 0. The van der Waals surface area contributed by atoms with Crippen LogP contribution in [0.1, 0.15) is 0 Å². The second kappa shape index (κ2) is 15.9. The van der Waals surface area contributed by atoms with Crippen molar-refractivity contribution in [1.29, 1.82) is 0 Å². The summed E-state index contributed by atoms with van der Waals surface area (Å²) in [5.74, 6) is 0. The minimum absolute atomic E-state index is 1.10. The second-order valence-electron chi connectivity index (χ2n) is 16.2. The summed E-state index contributed by atoms with van der Waals surface area (Å²) in [4.78, 5) is 4.78. The van der Waals surface area contributed by atoms with Crippen LogP contribution in [0.25, 0.3) is 69.9 Å². The van der Waals surface area contributed by atoms with Crippen LogP contribution in [0.5, 0.6) is 0 Å². The standard InChI is InChI=1S/C60H41N3S/c1-5-17-42(18-6-1)43-29-35-50(36-30-43)63-55-27-15-13-26-54(55)60-56(62(47-21-9-3-10-22-47)48-23-11-4-12-24-48)39-45(40-57(60)63)44-31-33-49(34-32-44)61(46-19-7-2-8-20-46)51-37-38-53-52-25-14-16-28-58(52)64-59(53)41-51/h1-41H. The van der Waals surface area contributed by atoms with Crippen molar-refractivity contribution < 1.29 is 0 Å². The molecule has 12 rings (SSSR count). The van der Waals surface area contributed by atoms with Gasteiger partial charge in [-0.1, -0.05) is 152 Å². The molecule has 302 valence electrons. The molecule has 64 heavy (non-hydrogen) atoms. The Labute approximate surface area is 376 Å². The minimum Gasteiger partial charge on any atom is -0.310 e. The van der Waals surface area contributed by atoms with Crippen LogP contribution in [0.3, 0.4) is 0 Å². The van der Waals surface area contributed by atoms with Crippen LogP contribution in [0, 0.1) is 0 Å². The number of nitrogens with zero attached hydrogens (tertiary/aromatic N) is 3. The van der Waals surface area contributed by atoms with E-state index in [0.717, 1.165) is 62.0 Å². The number of benzene rings is 10. The van der Waals surface area contributed by atoms with Gasteiger partial charge in [-0.05, 0) is 119 Å². The van der Waals surface area contributed by atoms with Gasteiger partial charge in [0, 0.05) is 65.1 Å². The Morgan fingerprint density at radius 1 is 0.297 bits per heavy atom. The lowest BCUT2D eigenvalue weighted by molar-refractivity contribution is 1.18. The van der Waals surface area contributed by atoms with E-state index in [1.54, 1.807) is 0 Å². The van der Waals surface area contributed by atoms with E-state index in [-0.39, 0.29) is 0 Å². The van der Waals surface area contributed by atoms with Gasteiger partial charge >= 0.3 is 0 Å². The number of thiophene rings is 1. The molecule has 0 aliphatic heterocycles. The summed E-state index contributed by atoms with van der Waals surface area (Å²) in [6, 6.07) is 90.1. The predicted molar refractivity (Wildman–Crippen MR) is 274 cm³/mol. The van der Waals surface area contributed by atoms with Crippen molar-refractivity contribution in [2.75, 3.05) is 9.80 Å². The summed E-state index contributed by atoms with van der Waals surface area (Å²) in [5.41, 5.74) is 14.7. The van der Waals surface area contributed by atoms with Crippen molar-refractivity contribution in [1.82, 2.24) is 4.57 Å². The Hall–Kier alpha value is -8.18. The maximum Gasteiger partial charge on any atom is 0.0568 e. The van der Waals surface area contributed by atoms with Crippen LogP contribution in [0.15, 0.2) is 249 Å². The monoisotopic (exact) mass is 835 g/mol. The zero-order chi connectivity index (χ0) is 42.4. The quantitative estimate of drug-likeness (QED) is 0.143. The van der Waals surface area contributed by atoms with E-state index in [1.807, 2.05) is 11.3 Å². The molecule has 0 radical (unpaired) electrons. The number of fused-ring (bicyclic) bond motifs is 6. The third-order valence-corrected chi connectivity index (χ3v) is 13.5. The van der Waals surface area contributed by atoms with Gasteiger partial charge in [-0.3, -0.25) is 0 Å². The molecule has 0 bridgehead atoms. The summed E-state index contributed by atoms with van der Waals surface area (Å²) >= 11 is 1.85. The molecular weight excluding hydrogens is 795 g/mol. The van der Waals surface area contributed by atoms with Gasteiger partial charge in [0.1, 0.15) is 0 Å². The predicted octanol–water partition coefficient (Wildman–Crippen LogP) is 17.4. The lowest BCUT2D eigenvalue weighted by Gasteiger charge is -2.27. The molecule has 3 nitrogen and oxygen atoms in total. The average molecular weight is 836 g/mol. The fourth-order valence-electron chi connectivity index (χ4n) is 9.39. The zero-order valence-electron chi connectivity index (χ0n) is 34.9. The molecule has 0 amide bonds. The average Bonchev–Trinajstić information content (AvgIpc) is 3.91. The third-order valence-electron chi connectivity index (χ3n) is 12.3. The third kappa shape index (κ3) is 6.60. The molecule has 0 saturated carbocycles. The normalized spacial score (nSPS) is 11.4. The highest BCUT2D eigenvalue weighted by Crippen LogP contribution is 2.47. The van der Waals surface area contributed by atoms with Crippen LogP contribution < -0.4 is 9.80 Å². The maximum absolute atomic E-state index is 2.44. The molecule has 0 fully saturated rings. The van der Waals surface area contributed by atoms with Gasteiger partial charge in [-0.15, -0.1) is 11.3 Å². The van der Waals surface area contributed by atoms with Crippen molar-refractivity contribution in [3.8, 4) is 27.9 Å². The van der Waals surface area contributed by atoms with E-state index in [4.69, 9.17) is 0 Å². The van der Waals surface area contributed by atoms with Gasteiger partial charge in [0.2, 0.25) is 0 Å². The first-order valence-corrected chi connectivity index (χ1v) is 22.6. The maximum atomic E-state index is 2.44. The summed E-state index contributed by atoms with van der Waals surface area (Å²) in [6.45, 7) is 0. The fourth-order valence-corrected chi connectivity index (χ4v) is 10.5. The Bertz CT molecular complexity index is 3540. The number of para-hydroxylation sites is 4. The van der Waals surface area contributed by atoms with Crippen molar-refractivity contribution in [3.63, 3.8) is 0 Å². The van der Waals surface area contributed by atoms with Gasteiger partial charge in [-0.25, -0.2) is 0 Å². The van der Waals surface area contributed by atoms with Crippen molar-refractivity contribution in [2.45, 2.75) is 0 Å². The molecule has 0 N–H and O–H groups in total. The molecule has 12 aromatic rings. The Morgan fingerprint density at radius 3 is 1.45 bits per heavy atom. The molecule has 0 saturated heterocycles. The number of anilines is 6. The van der Waals surface area contributed by atoms with E-state index in [9.17, 15) is 0 Å². The van der Waals surface area contributed by atoms with Crippen molar-refractivity contribution in [3.05, 3.63) is 249 Å². The molecule has 0 aliphatic rings. The lowest BCUT2D eigenvalue weighted by Crippen LogP contribution is -2.10. The van der Waals surface area contributed by atoms with E-state index in [2.05, 4.69) is 263 Å². The van der Waals surface area contributed by atoms with Crippen molar-refractivity contribution in [2.24, 2.45) is 0 Å². The largest absolute Gasteiger partial charge is 0.310 e. The first-order chi connectivity index (χ1) is 31.7. The topological polar surface area (TPSA) is 11.4 Å². The smallest absolute Gasteiger partial charge is 0.0568 e. The highest BCUT2D eigenvalue weighted by molar-refractivity contribution is 7.25. The number of hydrogen-bond donors (Lipinski definition) is 0. The number of aromatic nitrogens is 1. The molecule has 10 aromatic carbocycles. The summed E-state index contributed by atoms with van der Waals surface area (Å²) in [7, 11) is 0. The Balaban J connectivity index is 1.05. The zero-order valence-corrected chi connectivity index (χ0v) is 35.7. The number of rotatable bonds is 9. The summed E-state index contributed by atoms with van der Waals surface area (Å²) < 4.78 is 5.03. The molecular formula is C60H41N3S. The van der Waals surface area contributed by atoms with Crippen LogP contribution in [0.4, 0.5) is 34.1 Å². The fraction of sp³-hybridized carbons (Fsp3) is 0. The first kappa shape index (κ1) is 37.6. The summed E-state index contributed by atoms with van der Waals surface area (Å²) in [5, 5.41) is 5.00. The second-order valence-corrected chi connectivity index (χ2v) is 17.2.